The molecule has 0 bridgehead atoms. The van der Waals surface area contributed by atoms with Crippen LogP contribution in [0.2, 0.25) is 0 Å². The second-order valence-electron chi connectivity index (χ2n) is 4.69. The van der Waals surface area contributed by atoms with Crippen LogP contribution in [-0.2, 0) is 0 Å². The third-order valence-electron chi connectivity index (χ3n) is 3.11. The van der Waals surface area contributed by atoms with Crippen molar-refractivity contribution in [3.05, 3.63) is 59.9 Å². The summed E-state index contributed by atoms with van der Waals surface area (Å²) in [6, 6.07) is 12.5. The van der Waals surface area contributed by atoms with E-state index in [9.17, 15) is 0 Å². The van der Waals surface area contributed by atoms with Crippen LogP contribution in [0.3, 0.4) is 0 Å². The average Bonchev–Trinajstić information content (AvgIpc) is 2.52. The quantitative estimate of drug-likeness (QED) is 0.835. The van der Waals surface area contributed by atoms with E-state index in [1.807, 2.05) is 24.4 Å². The minimum atomic E-state index is 0.175. The molecule has 106 valence electrons. The molecule has 1 atom stereocenters. The van der Waals surface area contributed by atoms with E-state index in [0.717, 1.165) is 25.3 Å². The molecule has 2 rings (SSSR count). The molecule has 0 saturated carbocycles. The molecule has 2 aromatic rings. The van der Waals surface area contributed by atoms with E-state index in [0.29, 0.717) is 0 Å². The van der Waals surface area contributed by atoms with Gasteiger partial charge >= 0.3 is 0 Å². The Kier molecular flexibility index (Phi) is 5.56. The number of hydrogen-bond donors (Lipinski definition) is 1. The van der Waals surface area contributed by atoms with Crippen molar-refractivity contribution in [3.8, 4) is 5.75 Å². The van der Waals surface area contributed by atoms with Crippen LogP contribution in [0.25, 0.3) is 0 Å². The molecule has 1 heterocycles. The molecule has 0 spiro atoms. The fraction of sp³-hybridized carbons (Fsp3) is 0.353. The van der Waals surface area contributed by atoms with Gasteiger partial charge in [-0.1, -0.05) is 32.0 Å². The zero-order valence-electron chi connectivity index (χ0n) is 12.2. The number of hydrogen-bond acceptors (Lipinski definition) is 3. The third-order valence-corrected chi connectivity index (χ3v) is 3.11. The van der Waals surface area contributed by atoms with Gasteiger partial charge in [0.05, 0.1) is 12.6 Å². The summed E-state index contributed by atoms with van der Waals surface area (Å²) >= 11 is 0. The van der Waals surface area contributed by atoms with Crippen molar-refractivity contribution in [1.29, 1.82) is 0 Å². The molecule has 1 unspecified atom stereocenters. The highest BCUT2D eigenvalue weighted by molar-refractivity contribution is 5.34. The number of aromatic nitrogens is 1. The monoisotopic (exact) mass is 270 g/mol. The first kappa shape index (κ1) is 14.5. The van der Waals surface area contributed by atoms with Gasteiger partial charge in [0.2, 0.25) is 0 Å². The molecular weight excluding hydrogens is 248 g/mol. The second kappa shape index (κ2) is 7.65. The molecule has 0 amide bonds. The lowest BCUT2D eigenvalue weighted by Crippen LogP contribution is -2.22. The van der Waals surface area contributed by atoms with Crippen LogP contribution in [0.4, 0.5) is 0 Å². The summed E-state index contributed by atoms with van der Waals surface area (Å²) in [4.78, 5) is 4.21. The first-order valence-electron chi connectivity index (χ1n) is 7.21. The summed E-state index contributed by atoms with van der Waals surface area (Å²) in [6.07, 6.45) is 4.74. The molecule has 0 saturated heterocycles. The van der Waals surface area contributed by atoms with Gasteiger partial charge in [-0.15, -0.1) is 0 Å². The SMILES string of the molecule is CCCOc1ccc(C(NCC)c2cccnc2)cc1. The van der Waals surface area contributed by atoms with Crippen molar-refractivity contribution >= 4 is 0 Å². The second-order valence-corrected chi connectivity index (χ2v) is 4.69. The molecule has 3 nitrogen and oxygen atoms in total. The molecule has 0 aliphatic heterocycles. The Morgan fingerprint density at radius 1 is 1.10 bits per heavy atom. The topological polar surface area (TPSA) is 34.1 Å². The average molecular weight is 270 g/mol. The van der Waals surface area contributed by atoms with Gasteiger partial charge in [0.25, 0.3) is 0 Å². The van der Waals surface area contributed by atoms with Gasteiger partial charge in [-0.25, -0.2) is 0 Å². The largest absolute Gasteiger partial charge is 0.494 e. The minimum Gasteiger partial charge on any atom is -0.494 e. The zero-order valence-corrected chi connectivity index (χ0v) is 12.2. The molecule has 0 radical (unpaired) electrons. The Balaban J connectivity index is 2.17. The van der Waals surface area contributed by atoms with Crippen molar-refractivity contribution in [3.63, 3.8) is 0 Å². The number of rotatable bonds is 7. The molecule has 1 aromatic carbocycles. The summed E-state index contributed by atoms with van der Waals surface area (Å²) < 4.78 is 5.62. The zero-order chi connectivity index (χ0) is 14.2. The van der Waals surface area contributed by atoms with Crippen molar-refractivity contribution in [2.24, 2.45) is 0 Å². The number of ether oxygens (including phenoxy) is 1. The summed E-state index contributed by atoms with van der Waals surface area (Å²) in [5.74, 6) is 0.928. The summed E-state index contributed by atoms with van der Waals surface area (Å²) in [5, 5.41) is 3.50. The van der Waals surface area contributed by atoms with E-state index in [-0.39, 0.29) is 6.04 Å². The Hall–Kier alpha value is -1.87. The van der Waals surface area contributed by atoms with E-state index >= 15 is 0 Å². The molecule has 3 heteroatoms. The molecule has 1 N–H and O–H groups in total. The maximum absolute atomic E-state index is 5.62. The van der Waals surface area contributed by atoms with Gasteiger partial charge in [0.15, 0.2) is 0 Å². The normalized spacial score (nSPS) is 12.1. The van der Waals surface area contributed by atoms with Crippen LogP contribution in [0.15, 0.2) is 48.8 Å². The standard InChI is InChI=1S/C17H22N2O/c1-3-12-20-16-9-7-14(8-10-16)17(19-4-2)15-6-5-11-18-13-15/h5-11,13,17,19H,3-4,12H2,1-2H3. The highest BCUT2D eigenvalue weighted by atomic mass is 16.5. The highest BCUT2D eigenvalue weighted by Gasteiger charge is 2.12. The van der Waals surface area contributed by atoms with Gasteiger partial charge < -0.3 is 10.1 Å². The van der Waals surface area contributed by atoms with E-state index in [1.54, 1.807) is 6.20 Å². The van der Waals surface area contributed by atoms with E-state index in [4.69, 9.17) is 4.74 Å². The number of nitrogens with zero attached hydrogens (tertiary/aromatic N) is 1. The molecule has 20 heavy (non-hydrogen) atoms. The summed E-state index contributed by atoms with van der Waals surface area (Å²) in [6.45, 7) is 5.90. The van der Waals surface area contributed by atoms with Crippen molar-refractivity contribution in [1.82, 2.24) is 10.3 Å². The molecule has 0 fully saturated rings. The predicted molar refractivity (Wildman–Crippen MR) is 82.0 cm³/mol. The molecule has 1 aromatic heterocycles. The van der Waals surface area contributed by atoms with E-state index in [2.05, 4.69) is 42.3 Å². The minimum absolute atomic E-state index is 0.175. The van der Waals surface area contributed by atoms with Crippen LogP contribution in [0.1, 0.15) is 37.4 Å². The summed E-state index contributed by atoms with van der Waals surface area (Å²) in [7, 11) is 0. The van der Waals surface area contributed by atoms with Crippen LogP contribution in [-0.4, -0.2) is 18.1 Å². The Morgan fingerprint density at radius 3 is 2.50 bits per heavy atom. The van der Waals surface area contributed by atoms with E-state index < -0.39 is 0 Å². The van der Waals surface area contributed by atoms with E-state index in [1.165, 1.54) is 11.1 Å². The number of pyridine rings is 1. The first-order chi connectivity index (χ1) is 9.85. The lowest BCUT2D eigenvalue weighted by molar-refractivity contribution is 0.317. The Labute approximate surface area is 121 Å². The van der Waals surface area contributed by atoms with Crippen molar-refractivity contribution in [2.45, 2.75) is 26.3 Å². The van der Waals surface area contributed by atoms with Gasteiger partial charge in [0, 0.05) is 12.4 Å². The number of nitrogens with one attached hydrogen (secondary N) is 1. The van der Waals surface area contributed by atoms with Gasteiger partial charge in [0.1, 0.15) is 5.75 Å². The van der Waals surface area contributed by atoms with Crippen LogP contribution in [0, 0.1) is 0 Å². The van der Waals surface area contributed by atoms with Crippen LogP contribution < -0.4 is 10.1 Å². The van der Waals surface area contributed by atoms with Gasteiger partial charge in [-0.2, -0.15) is 0 Å². The third kappa shape index (κ3) is 3.81. The van der Waals surface area contributed by atoms with Gasteiger partial charge in [-0.3, -0.25) is 4.98 Å². The Morgan fingerprint density at radius 2 is 1.90 bits per heavy atom. The number of benzene rings is 1. The fourth-order valence-corrected chi connectivity index (χ4v) is 2.16. The van der Waals surface area contributed by atoms with Crippen molar-refractivity contribution in [2.75, 3.05) is 13.2 Å². The molecular formula is C17H22N2O. The maximum atomic E-state index is 5.62. The van der Waals surface area contributed by atoms with Crippen LogP contribution in [0.5, 0.6) is 5.75 Å². The maximum Gasteiger partial charge on any atom is 0.119 e. The molecule has 0 aliphatic carbocycles. The highest BCUT2D eigenvalue weighted by Crippen LogP contribution is 2.23. The van der Waals surface area contributed by atoms with Crippen LogP contribution >= 0.6 is 0 Å². The van der Waals surface area contributed by atoms with Gasteiger partial charge in [-0.05, 0) is 42.3 Å². The fourth-order valence-electron chi connectivity index (χ4n) is 2.16. The predicted octanol–water partition coefficient (Wildman–Crippen LogP) is 3.57. The lowest BCUT2D eigenvalue weighted by Gasteiger charge is -2.19. The first-order valence-corrected chi connectivity index (χ1v) is 7.21. The summed E-state index contributed by atoms with van der Waals surface area (Å²) in [5.41, 5.74) is 2.40. The Bertz CT molecular complexity index is 496. The smallest absolute Gasteiger partial charge is 0.119 e. The lowest BCUT2D eigenvalue weighted by atomic mass is 10.00. The molecule has 0 aliphatic rings. The van der Waals surface area contributed by atoms with Crippen molar-refractivity contribution < 1.29 is 4.74 Å².